The van der Waals surface area contributed by atoms with Crippen molar-refractivity contribution >= 4 is 38.6 Å². The Balaban J connectivity index is 1.27. The Morgan fingerprint density at radius 1 is 0.333 bits per heavy atom. The van der Waals surface area contributed by atoms with Crippen molar-refractivity contribution in [1.82, 2.24) is 0 Å². The Bertz CT molecular complexity index is 3220. The number of benzene rings is 9. The van der Waals surface area contributed by atoms with Crippen LogP contribution in [-0.4, -0.2) is 0 Å². The second kappa shape index (κ2) is 13.3. The average Bonchev–Trinajstić information content (AvgIpc) is 3.31. The molecule has 0 amide bonds. The summed E-state index contributed by atoms with van der Waals surface area (Å²) in [6, 6.07) is 40.2. The zero-order chi connectivity index (χ0) is 43.6. The summed E-state index contributed by atoms with van der Waals surface area (Å²) < 4.78 is 99.6. The molecule has 0 N–H and O–H groups in total. The minimum atomic E-state index is -0.631. The van der Waals surface area contributed by atoms with E-state index in [1.807, 2.05) is 84.9 Å². The zero-order valence-electron chi connectivity index (χ0n) is 38.3. The van der Waals surface area contributed by atoms with E-state index in [0.29, 0.717) is 5.56 Å². The molecule has 1 nitrogen and oxygen atoms in total. The predicted molar refractivity (Wildman–Crippen MR) is 218 cm³/mol. The summed E-state index contributed by atoms with van der Waals surface area (Å²) in [5, 5.41) is 1.66. The van der Waals surface area contributed by atoms with Gasteiger partial charge in [0.15, 0.2) is 0 Å². The number of hydrogen-bond acceptors (Lipinski definition) is 1. The summed E-state index contributed by atoms with van der Waals surface area (Å²) in [4.78, 5) is 1.27. The molecule has 0 aliphatic carbocycles. The van der Waals surface area contributed by atoms with Crippen LogP contribution in [0.15, 0.2) is 212 Å². The lowest BCUT2D eigenvalue weighted by Gasteiger charge is -2.27. The smallest absolute Gasteiger partial charge is 0.0645 e. The number of hydrogen-bond donors (Lipinski definition) is 0. The van der Waals surface area contributed by atoms with Gasteiger partial charge in [-0.3, -0.25) is 0 Å². The van der Waals surface area contributed by atoms with Crippen LogP contribution >= 0.6 is 0 Å². The first-order valence-corrected chi connectivity index (χ1v) is 16.6. The molecule has 9 aromatic carbocycles. The highest BCUT2D eigenvalue weighted by Gasteiger charge is 2.16. The first-order chi connectivity index (χ1) is 29.9. The number of fused-ring (bicyclic) bond motifs is 2. The molecule has 1 heteroatoms. The lowest BCUT2D eigenvalue weighted by Crippen LogP contribution is -2.10. The molecule has 0 bridgehead atoms. The van der Waals surface area contributed by atoms with Crippen LogP contribution < -0.4 is 4.90 Å². The van der Waals surface area contributed by atoms with E-state index in [4.69, 9.17) is 8.22 Å². The maximum Gasteiger partial charge on any atom is 0.0645 e. The summed E-state index contributed by atoms with van der Waals surface area (Å²) in [6.07, 6.45) is 0. The summed E-state index contributed by atoms with van der Waals surface area (Å²) in [5.41, 5.74) is 5.61. The van der Waals surface area contributed by atoms with Gasteiger partial charge in [0, 0.05) is 16.8 Å². The van der Waals surface area contributed by atoms with Crippen LogP contribution in [0.4, 0.5) is 17.1 Å². The normalized spacial score (nSPS) is 14.2. The first kappa shape index (κ1) is 20.7. The largest absolute Gasteiger partial charge is 0.310 e. The van der Waals surface area contributed by atoms with Gasteiger partial charge >= 0.3 is 0 Å². The van der Waals surface area contributed by atoms with Crippen molar-refractivity contribution in [1.29, 1.82) is 0 Å². The Hall–Kier alpha value is -6.70. The molecule has 0 aliphatic heterocycles. The van der Waals surface area contributed by atoms with Gasteiger partial charge in [0.2, 0.25) is 0 Å². The molecule has 0 aromatic heterocycles. The third-order valence-corrected chi connectivity index (χ3v) is 9.03. The van der Waals surface area contributed by atoms with Crippen molar-refractivity contribution in [2.45, 2.75) is 0 Å². The second-order valence-corrected chi connectivity index (χ2v) is 12.1. The van der Waals surface area contributed by atoms with E-state index in [1.165, 1.54) is 4.90 Å². The Labute approximate surface area is 314 Å². The van der Waals surface area contributed by atoms with E-state index >= 15 is 0 Å². The van der Waals surface area contributed by atoms with Gasteiger partial charge < -0.3 is 4.90 Å². The highest BCUT2D eigenvalue weighted by atomic mass is 15.1. The molecule has 0 fully saturated rings. The van der Waals surface area contributed by atoms with Crippen LogP contribution in [0.3, 0.4) is 0 Å². The van der Waals surface area contributed by atoms with Gasteiger partial charge in [0.25, 0.3) is 0 Å². The Kier molecular flexibility index (Phi) is 5.41. The maximum absolute atomic E-state index is 9.53. The summed E-state index contributed by atoms with van der Waals surface area (Å²) in [7, 11) is 0. The number of anilines is 3. The molecule has 51 heavy (non-hydrogen) atoms. The van der Waals surface area contributed by atoms with Gasteiger partial charge in [-0.25, -0.2) is 0 Å². The molecule has 0 spiro atoms. The third kappa shape index (κ3) is 5.96. The van der Waals surface area contributed by atoms with Crippen LogP contribution in [0.1, 0.15) is 15.1 Å². The van der Waals surface area contributed by atoms with Gasteiger partial charge in [-0.15, -0.1) is 0 Å². The lowest BCUT2D eigenvalue weighted by molar-refractivity contribution is 1.30. The second-order valence-electron chi connectivity index (χ2n) is 12.1. The monoisotopic (exact) mass is 660 g/mol. The predicted octanol–water partition coefficient (Wildman–Crippen LogP) is 14.1. The van der Waals surface area contributed by atoms with Crippen molar-refractivity contribution < 1.29 is 15.1 Å². The molecular formula is C50H35N. The molecule has 0 saturated heterocycles. The van der Waals surface area contributed by atoms with Crippen LogP contribution in [-0.2, 0) is 0 Å². The fraction of sp³-hybridized carbons (Fsp3) is 0. The fourth-order valence-corrected chi connectivity index (χ4v) is 6.53. The molecule has 0 aliphatic rings. The van der Waals surface area contributed by atoms with E-state index in [0.717, 1.165) is 44.2 Å². The topological polar surface area (TPSA) is 3.24 Å². The van der Waals surface area contributed by atoms with E-state index in [1.54, 1.807) is 30.3 Å². The number of nitrogens with zero attached hydrogens (tertiary/aromatic N) is 1. The van der Waals surface area contributed by atoms with Crippen molar-refractivity contribution in [3.05, 3.63) is 212 Å². The molecule has 0 atom stereocenters. The summed E-state index contributed by atoms with van der Waals surface area (Å²) in [5.74, 6) is 0. The summed E-state index contributed by atoms with van der Waals surface area (Å²) in [6.45, 7) is 0. The van der Waals surface area contributed by atoms with E-state index in [9.17, 15) is 6.85 Å². The van der Waals surface area contributed by atoms with Gasteiger partial charge in [0.05, 0.1) is 20.8 Å². The minimum Gasteiger partial charge on any atom is -0.310 e. The summed E-state index contributed by atoms with van der Waals surface area (Å²) >= 11 is 0. The molecule has 0 unspecified atom stereocenters. The molecular weight excluding hydrogens is 615 g/mol. The van der Waals surface area contributed by atoms with Crippen molar-refractivity contribution in [3.8, 4) is 44.5 Å². The fourth-order valence-electron chi connectivity index (χ4n) is 6.53. The highest BCUT2D eigenvalue weighted by Crippen LogP contribution is 2.41. The minimum absolute atomic E-state index is 0.0449. The molecule has 9 rings (SSSR count). The SMILES string of the molecule is [2H]c1c([2H])c(N(c2ccc(-c3cccc(-c4cccc5ccccc45)c3)cc2)c2c([2H])c([2H])c([2H])c3c([2H])c([2H])c([2H])c([2H])c23)c([2H])c([2H])c1-c1cccc(-c2ccccc2)c1. The lowest BCUT2D eigenvalue weighted by atomic mass is 9.95. The van der Waals surface area contributed by atoms with Gasteiger partial charge in [-0.05, 0) is 103 Å². The van der Waals surface area contributed by atoms with E-state index in [-0.39, 0.29) is 45.5 Å². The molecule has 0 saturated carbocycles. The molecule has 240 valence electrons. The van der Waals surface area contributed by atoms with Crippen molar-refractivity contribution in [2.75, 3.05) is 4.90 Å². The van der Waals surface area contributed by atoms with Gasteiger partial charge in [0.1, 0.15) is 0 Å². The van der Waals surface area contributed by atoms with Crippen molar-refractivity contribution in [2.24, 2.45) is 0 Å². The van der Waals surface area contributed by atoms with Crippen LogP contribution in [0.2, 0.25) is 0 Å². The Morgan fingerprint density at radius 2 is 0.922 bits per heavy atom. The third-order valence-electron chi connectivity index (χ3n) is 9.03. The van der Waals surface area contributed by atoms with Crippen LogP contribution in [0, 0.1) is 0 Å². The maximum atomic E-state index is 9.53. The highest BCUT2D eigenvalue weighted by molar-refractivity contribution is 6.00. The average molecular weight is 661 g/mol. The molecule has 9 aromatic rings. The first-order valence-electron chi connectivity index (χ1n) is 22.1. The van der Waals surface area contributed by atoms with Crippen LogP contribution in [0.25, 0.3) is 66.1 Å². The zero-order valence-corrected chi connectivity index (χ0v) is 27.3. The quantitative estimate of drug-likeness (QED) is 0.164. The number of rotatable bonds is 7. The standard InChI is InChI=1S/C50H35N/c1-2-12-36(13-3-1)41-18-8-19-42(34-41)37-26-30-45(31-27-37)51(50-25-11-17-40-15-5-7-23-49(40)50)46-32-28-38(29-33-46)43-20-9-21-44(35-43)48-24-10-16-39-14-4-6-22-47(39)48/h1-35H/i5D,7D,11D,15D,17D,23D,25D,26D,27D,30D,31D. The van der Waals surface area contributed by atoms with E-state index in [2.05, 4.69) is 30.3 Å². The van der Waals surface area contributed by atoms with Crippen LogP contribution in [0.5, 0.6) is 0 Å². The Morgan fingerprint density at radius 3 is 1.73 bits per heavy atom. The van der Waals surface area contributed by atoms with Gasteiger partial charge in [-0.2, -0.15) is 0 Å². The molecule has 0 radical (unpaired) electrons. The van der Waals surface area contributed by atoms with E-state index < -0.39 is 54.4 Å². The molecule has 0 heterocycles. The van der Waals surface area contributed by atoms with Crippen molar-refractivity contribution in [3.63, 3.8) is 0 Å². The van der Waals surface area contributed by atoms with Gasteiger partial charge in [-0.1, -0.05) is 170 Å².